The molecule has 0 fully saturated rings. The van der Waals surface area contributed by atoms with Crippen molar-refractivity contribution in [1.29, 1.82) is 0 Å². The Morgan fingerprint density at radius 2 is 1.71 bits per heavy atom. The maximum Gasteiger partial charge on any atom is 0.238 e. The number of anilines is 1. The van der Waals surface area contributed by atoms with E-state index >= 15 is 0 Å². The zero-order valence-corrected chi connectivity index (χ0v) is 22.3. The first kappa shape index (κ1) is 25.6. The molecule has 0 spiro atoms. The van der Waals surface area contributed by atoms with Gasteiger partial charge in [-0.3, -0.25) is 5.43 Å². The maximum atomic E-state index is 11.6. The molecule has 0 saturated heterocycles. The number of hydrogen-bond donors (Lipinski definition) is 2. The summed E-state index contributed by atoms with van der Waals surface area (Å²) in [4.78, 5) is 4.60. The number of sulfonamides is 1. The quantitative estimate of drug-likeness (QED) is 0.191. The fraction of sp³-hybridized carbons (Fsp3) is 0.0385. The summed E-state index contributed by atoms with van der Waals surface area (Å²) in [5.74, 6) is 0.726. The number of aromatic nitrogens is 3. The number of benzene rings is 3. The van der Waals surface area contributed by atoms with Crippen molar-refractivity contribution >= 4 is 44.3 Å². The second kappa shape index (κ2) is 10.8. The van der Waals surface area contributed by atoms with Gasteiger partial charge in [0.25, 0.3) is 0 Å². The van der Waals surface area contributed by atoms with E-state index in [4.69, 9.17) is 26.6 Å². The van der Waals surface area contributed by atoms with E-state index in [0.29, 0.717) is 21.5 Å². The molecule has 3 aromatic carbocycles. The van der Waals surface area contributed by atoms with Gasteiger partial charge in [0.1, 0.15) is 11.4 Å². The molecule has 0 aliphatic heterocycles. The lowest BCUT2D eigenvalue weighted by atomic mass is 10.1. The first-order valence-corrected chi connectivity index (χ1v) is 14.0. The third-order valence-corrected chi connectivity index (χ3v) is 7.47. The Morgan fingerprint density at radius 3 is 2.37 bits per heavy atom. The molecule has 0 unspecified atom stereocenters. The van der Waals surface area contributed by atoms with Crippen LogP contribution in [0.2, 0.25) is 5.02 Å². The summed E-state index contributed by atoms with van der Waals surface area (Å²) in [6, 6.07) is 21.1. The van der Waals surface area contributed by atoms with Crippen molar-refractivity contribution in [2.45, 2.75) is 4.90 Å². The van der Waals surface area contributed by atoms with E-state index in [-0.39, 0.29) is 4.90 Å². The average molecular weight is 565 g/mol. The standard InChI is InChI=1S/C26H21ClN6O3S2/c1-36-22-10-4-18(5-11-22)25-19(15-33(32-25)21-8-12-23(13-9-21)38(28,34)35)14-29-31-26-30-24(16-37-26)17-2-6-20(27)7-3-17/h2-16H,1H3,(H,30,31)(H2,28,34,35)/b29-14+. The molecule has 192 valence electrons. The molecule has 0 saturated carbocycles. The molecule has 2 aromatic heterocycles. The highest BCUT2D eigenvalue weighted by Gasteiger charge is 2.13. The molecule has 3 N–H and O–H groups in total. The van der Waals surface area contributed by atoms with Crippen molar-refractivity contribution in [3.05, 3.63) is 95.0 Å². The highest BCUT2D eigenvalue weighted by Crippen LogP contribution is 2.27. The molecule has 5 rings (SSSR count). The third-order valence-electron chi connectivity index (χ3n) is 5.54. The van der Waals surface area contributed by atoms with Crippen molar-refractivity contribution in [2.24, 2.45) is 10.2 Å². The molecular weight excluding hydrogens is 544 g/mol. The molecule has 12 heteroatoms. The van der Waals surface area contributed by atoms with Gasteiger partial charge < -0.3 is 4.74 Å². The fourth-order valence-corrected chi connectivity index (χ4v) is 4.92. The van der Waals surface area contributed by atoms with Gasteiger partial charge in [-0.05, 0) is 60.7 Å². The lowest BCUT2D eigenvalue weighted by molar-refractivity contribution is 0.415. The molecule has 0 radical (unpaired) electrons. The van der Waals surface area contributed by atoms with Gasteiger partial charge in [0, 0.05) is 33.3 Å². The molecule has 9 nitrogen and oxygen atoms in total. The van der Waals surface area contributed by atoms with Crippen molar-refractivity contribution in [2.75, 3.05) is 12.5 Å². The van der Waals surface area contributed by atoms with Crippen LogP contribution in [0, 0.1) is 0 Å². The Morgan fingerprint density at radius 1 is 1.03 bits per heavy atom. The van der Waals surface area contributed by atoms with Gasteiger partial charge >= 0.3 is 0 Å². The summed E-state index contributed by atoms with van der Waals surface area (Å²) < 4.78 is 30.2. The summed E-state index contributed by atoms with van der Waals surface area (Å²) in [6.45, 7) is 0. The van der Waals surface area contributed by atoms with Gasteiger partial charge in [0.2, 0.25) is 15.2 Å². The zero-order valence-electron chi connectivity index (χ0n) is 19.9. The number of nitrogens with one attached hydrogen (secondary N) is 1. The van der Waals surface area contributed by atoms with Crippen molar-refractivity contribution in [1.82, 2.24) is 14.8 Å². The van der Waals surface area contributed by atoms with Gasteiger partial charge in [-0.2, -0.15) is 10.2 Å². The van der Waals surface area contributed by atoms with Crippen molar-refractivity contribution < 1.29 is 13.2 Å². The van der Waals surface area contributed by atoms with Gasteiger partial charge in [0.15, 0.2) is 0 Å². The van der Waals surface area contributed by atoms with Crippen LogP contribution in [0.1, 0.15) is 5.56 Å². The highest BCUT2D eigenvalue weighted by atomic mass is 35.5. The average Bonchev–Trinajstić information content (AvgIpc) is 3.57. The summed E-state index contributed by atoms with van der Waals surface area (Å²) in [7, 11) is -2.19. The van der Waals surface area contributed by atoms with E-state index < -0.39 is 10.0 Å². The summed E-state index contributed by atoms with van der Waals surface area (Å²) in [6.07, 6.45) is 3.46. The number of primary sulfonamides is 1. The largest absolute Gasteiger partial charge is 0.497 e. The summed E-state index contributed by atoms with van der Waals surface area (Å²) in [5.41, 5.74) is 7.67. The number of nitrogens with two attached hydrogens (primary N) is 1. The number of ether oxygens (including phenoxy) is 1. The van der Waals surface area contributed by atoms with Crippen LogP contribution < -0.4 is 15.3 Å². The normalized spacial score (nSPS) is 11.7. The Hall–Kier alpha value is -4.03. The minimum absolute atomic E-state index is 0.0242. The summed E-state index contributed by atoms with van der Waals surface area (Å²) in [5, 5.41) is 17.6. The lowest BCUT2D eigenvalue weighted by Gasteiger charge is -2.03. The molecule has 0 bridgehead atoms. The second-order valence-electron chi connectivity index (χ2n) is 8.06. The number of nitrogens with zero attached hydrogens (tertiary/aromatic N) is 4. The first-order valence-electron chi connectivity index (χ1n) is 11.2. The van der Waals surface area contributed by atoms with Gasteiger partial charge in [-0.15, -0.1) is 11.3 Å². The van der Waals surface area contributed by atoms with Gasteiger partial charge in [-0.1, -0.05) is 23.7 Å². The molecule has 0 amide bonds. The predicted octanol–water partition coefficient (Wildman–Crippen LogP) is 5.42. The summed E-state index contributed by atoms with van der Waals surface area (Å²) >= 11 is 7.41. The van der Waals surface area contributed by atoms with Crippen LogP contribution >= 0.6 is 22.9 Å². The van der Waals surface area contributed by atoms with E-state index in [2.05, 4.69) is 15.5 Å². The molecule has 0 aliphatic rings. The first-order chi connectivity index (χ1) is 18.3. The Balaban J connectivity index is 1.43. The van der Waals surface area contributed by atoms with E-state index in [0.717, 1.165) is 28.1 Å². The Labute approximate surface area is 228 Å². The van der Waals surface area contributed by atoms with E-state index in [1.807, 2.05) is 53.9 Å². The third kappa shape index (κ3) is 5.76. The molecule has 2 heterocycles. The smallest absolute Gasteiger partial charge is 0.238 e. The SMILES string of the molecule is COc1ccc(-c2nn(-c3ccc(S(N)(=O)=O)cc3)cc2/C=N/Nc2nc(-c3ccc(Cl)cc3)cs2)cc1. The Bertz CT molecular complexity index is 1700. The minimum atomic E-state index is -3.79. The topological polar surface area (TPSA) is 124 Å². The van der Waals surface area contributed by atoms with Crippen molar-refractivity contribution in [3.63, 3.8) is 0 Å². The van der Waals surface area contributed by atoms with Crippen LogP contribution in [0.5, 0.6) is 5.75 Å². The van der Waals surface area contributed by atoms with Crippen LogP contribution in [0.15, 0.2) is 94.4 Å². The van der Waals surface area contributed by atoms with Crippen LogP contribution in [0.4, 0.5) is 5.13 Å². The predicted molar refractivity (Wildman–Crippen MR) is 151 cm³/mol. The molecule has 38 heavy (non-hydrogen) atoms. The maximum absolute atomic E-state index is 11.6. The molecular formula is C26H21ClN6O3S2. The van der Waals surface area contributed by atoms with Crippen LogP contribution in [0.25, 0.3) is 28.2 Å². The number of hydrazone groups is 1. The van der Waals surface area contributed by atoms with Crippen LogP contribution in [-0.4, -0.2) is 36.5 Å². The fourth-order valence-electron chi connectivity index (χ4n) is 3.61. The molecule has 5 aromatic rings. The number of hydrogen-bond acceptors (Lipinski definition) is 8. The highest BCUT2D eigenvalue weighted by molar-refractivity contribution is 7.89. The molecule has 0 atom stereocenters. The minimum Gasteiger partial charge on any atom is -0.497 e. The zero-order chi connectivity index (χ0) is 26.7. The lowest BCUT2D eigenvalue weighted by Crippen LogP contribution is -2.12. The van der Waals surface area contributed by atoms with E-state index in [1.54, 1.807) is 36.3 Å². The number of rotatable bonds is 8. The van der Waals surface area contributed by atoms with E-state index in [1.165, 1.54) is 23.5 Å². The number of thiazole rings is 1. The number of halogens is 1. The second-order valence-corrected chi connectivity index (χ2v) is 10.9. The number of methoxy groups -OCH3 is 1. The van der Waals surface area contributed by atoms with Crippen LogP contribution in [0.3, 0.4) is 0 Å². The monoisotopic (exact) mass is 564 g/mol. The van der Waals surface area contributed by atoms with Crippen molar-refractivity contribution in [3.8, 4) is 34.0 Å². The van der Waals surface area contributed by atoms with Gasteiger partial charge in [0.05, 0.1) is 29.6 Å². The van der Waals surface area contributed by atoms with Gasteiger partial charge in [-0.25, -0.2) is 23.2 Å². The molecule has 0 aliphatic carbocycles. The Kier molecular flexibility index (Phi) is 7.25. The van der Waals surface area contributed by atoms with Crippen LogP contribution in [-0.2, 0) is 10.0 Å². The van der Waals surface area contributed by atoms with E-state index in [9.17, 15) is 8.42 Å².